The van der Waals surface area contributed by atoms with Crippen molar-refractivity contribution in [1.29, 1.82) is 0 Å². The molecule has 0 unspecified atom stereocenters. The normalized spacial score (nSPS) is 11.0. The number of para-hydroxylation sites is 1. The molecule has 0 aliphatic carbocycles. The maximum Gasteiger partial charge on any atom is 0.332 e. The van der Waals surface area contributed by atoms with E-state index in [2.05, 4.69) is 9.97 Å². The first-order valence-corrected chi connectivity index (χ1v) is 6.36. The van der Waals surface area contributed by atoms with E-state index < -0.39 is 16.2 Å². The lowest BCUT2D eigenvalue weighted by atomic mass is 10.2. The van der Waals surface area contributed by atoms with E-state index in [1.165, 1.54) is 36.1 Å². The van der Waals surface area contributed by atoms with Gasteiger partial charge in [0.15, 0.2) is 5.65 Å². The minimum atomic E-state index is -0.581. The van der Waals surface area contributed by atoms with E-state index in [9.17, 15) is 19.7 Å². The monoisotopic (exact) mass is 301 g/mol. The van der Waals surface area contributed by atoms with Crippen LogP contribution in [0.5, 0.6) is 0 Å². The molecule has 112 valence electrons. The highest BCUT2D eigenvalue weighted by atomic mass is 16.6. The number of nitro groups is 1. The van der Waals surface area contributed by atoms with Gasteiger partial charge in [-0.1, -0.05) is 18.2 Å². The maximum atomic E-state index is 12.4. The van der Waals surface area contributed by atoms with Crippen molar-refractivity contribution in [3.05, 3.63) is 67.1 Å². The van der Waals surface area contributed by atoms with Crippen molar-refractivity contribution in [2.24, 2.45) is 7.05 Å². The molecule has 22 heavy (non-hydrogen) atoms. The number of H-pyrrole nitrogens is 1. The van der Waals surface area contributed by atoms with Crippen LogP contribution in [0.3, 0.4) is 0 Å². The highest BCUT2D eigenvalue weighted by molar-refractivity contribution is 5.68. The number of aromatic nitrogens is 4. The molecule has 0 bridgehead atoms. The molecule has 0 atom stereocenters. The van der Waals surface area contributed by atoms with Crippen molar-refractivity contribution in [2.45, 2.75) is 6.54 Å². The van der Waals surface area contributed by atoms with Gasteiger partial charge in [0.05, 0.1) is 17.8 Å². The van der Waals surface area contributed by atoms with Gasteiger partial charge in [0, 0.05) is 18.7 Å². The molecule has 0 saturated carbocycles. The second-order valence-corrected chi connectivity index (χ2v) is 4.72. The molecule has 0 radical (unpaired) electrons. The number of imidazole rings is 1. The first-order chi connectivity index (χ1) is 10.5. The van der Waals surface area contributed by atoms with Gasteiger partial charge >= 0.3 is 5.69 Å². The Balaban J connectivity index is 2.23. The van der Waals surface area contributed by atoms with Crippen molar-refractivity contribution >= 4 is 16.9 Å². The van der Waals surface area contributed by atoms with Crippen LogP contribution in [0.2, 0.25) is 0 Å². The summed E-state index contributed by atoms with van der Waals surface area (Å²) in [5.74, 6) is 0. The zero-order chi connectivity index (χ0) is 15.9. The van der Waals surface area contributed by atoms with Gasteiger partial charge in [-0.05, 0) is 0 Å². The molecule has 0 fully saturated rings. The van der Waals surface area contributed by atoms with E-state index in [-0.39, 0.29) is 29.0 Å². The van der Waals surface area contributed by atoms with Crippen molar-refractivity contribution < 1.29 is 4.92 Å². The van der Waals surface area contributed by atoms with Crippen LogP contribution in [-0.2, 0) is 13.6 Å². The topological polar surface area (TPSA) is 116 Å². The van der Waals surface area contributed by atoms with Gasteiger partial charge in [-0.2, -0.15) is 0 Å². The quantitative estimate of drug-likeness (QED) is 0.554. The summed E-state index contributed by atoms with van der Waals surface area (Å²) in [5.41, 5.74) is -0.572. The fourth-order valence-corrected chi connectivity index (χ4v) is 2.32. The fourth-order valence-electron chi connectivity index (χ4n) is 2.32. The smallest absolute Gasteiger partial charge is 0.332 e. The number of hydrogen-bond acceptors (Lipinski definition) is 5. The van der Waals surface area contributed by atoms with Crippen molar-refractivity contribution in [1.82, 2.24) is 19.1 Å². The lowest BCUT2D eigenvalue weighted by Gasteiger charge is -2.08. The Morgan fingerprint density at radius 3 is 2.77 bits per heavy atom. The summed E-state index contributed by atoms with van der Waals surface area (Å²) in [5, 5.41) is 11.0. The molecular weight excluding hydrogens is 290 g/mol. The Hall–Kier alpha value is -3.23. The molecule has 1 aromatic carbocycles. The van der Waals surface area contributed by atoms with Crippen molar-refractivity contribution in [3.8, 4) is 0 Å². The van der Waals surface area contributed by atoms with Crippen molar-refractivity contribution in [2.75, 3.05) is 0 Å². The summed E-state index contributed by atoms with van der Waals surface area (Å²) in [6.45, 7) is -0.183. The number of benzene rings is 1. The summed E-state index contributed by atoms with van der Waals surface area (Å²) < 4.78 is 2.17. The molecule has 0 amide bonds. The van der Waals surface area contributed by atoms with Gasteiger partial charge in [0.25, 0.3) is 11.2 Å². The lowest BCUT2D eigenvalue weighted by Crippen LogP contribution is -2.39. The Morgan fingerprint density at radius 2 is 2.05 bits per heavy atom. The van der Waals surface area contributed by atoms with E-state index in [4.69, 9.17) is 0 Å². The number of nitrogens with one attached hydrogen (secondary N) is 1. The molecule has 2 aromatic heterocycles. The zero-order valence-corrected chi connectivity index (χ0v) is 11.5. The minimum Gasteiger partial charge on any atom is -0.339 e. The van der Waals surface area contributed by atoms with Gasteiger partial charge in [0.2, 0.25) is 0 Å². The number of aromatic amines is 1. The van der Waals surface area contributed by atoms with E-state index in [0.717, 1.165) is 4.57 Å². The molecule has 2 heterocycles. The minimum absolute atomic E-state index is 0.138. The van der Waals surface area contributed by atoms with E-state index in [1.807, 2.05) is 0 Å². The predicted octanol–water partition coefficient (Wildman–Crippen LogP) is 0.380. The number of fused-ring (bicyclic) bond motifs is 1. The summed E-state index contributed by atoms with van der Waals surface area (Å²) in [6.07, 6.45) is 1.32. The van der Waals surface area contributed by atoms with Crippen LogP contribution in [-0.4, -0.2) is 24.0 Å². The number of hydrogen-bond donors (Lipinski definition) is 1. The lowest BCUT2D eigenvalue weighted by molar-refractivity contribution is -0.385. The highest BCUT2D eigenvalue weighted by Gasteiger charge is 2.17. The second-order valence-electron chi connectivity index (χ2n) is 4.72. The fraction of sp³-hybridized carbons (Fsp3) is 0.154. The summed E-state index contributed by atoms with van der Waals surface area (Å²) in [4.78, 5) is 41.7. The van der Waals surface area contributed by atoms with Crippen LogP contribution in [0.15, 0.2) is 40.2 Å². The average molecular weight is 301 g/mol. The van der Waals surface area contributed by atoms with Crippen LogP contribution in [0.25, 0.3) is 11.2 Å². The first kappa shape index (κ1) is 13.7. The first-order valence-electron chi connectivity index (χ1n) is 6.36. The van der Waals surface area contributed by atoms with Gasteiger partial charge in [-0.15, -0.1) is 0 Å². The summed E-state index contributed by atoms with van der Waals surface area (Å²) >= 11 is 0. The third-order valence-corrected chi connectivity index (χ3v) is 3.43. The van der Waals surface area contributed by atoms with Crippen molar-refractivity contribution in [3.63, 3.8) is 0 Å². The number of aryl methyl sites for hydroxylation is 1. The number of nitrogens with zero attached hydrogens (tertiary/aromatic N) is 4. The van der Waals surface area contributed by atoms with E-state index >= 15 is 0 Å². The third kappa shape index (κ3) is 1.99. The molecule has 0 aliphatic rings. The second kappa shape index (κ2) is 4.95. The molecule has 9 nitrogen and oxygen atoms in total. The zero-order valence-electron chi connectivity index (χ0n) is 11.5. The molecule has 0 aliphatic heterocycles. The third-order valence-electron chi connectivity index (χ3n) is 3.43. The molecule has 9 heteroatoms. The Bertz CT molecular complexity index is 998. The summed E-state index contributed by atoms with van der Waals surface area (Å²) in [7, 11) is 1.49. The average Bonchev–Trinajstić information content (AvgIpc) is 2.99. The molecule has 0 spiro atoms. The van der Waals surface area contributed by atoms with Crippen LogP contribution >= 0.6 is 0 Å². The molecule has 3 aromatic rings. The van der Waals surface area contributed by atoms with Crippen LogP contribution in [0, 0.1) is 10.1 Å². The highest BCUT2D eigenvalue weighted by Crippen LogP contribution is 2.17. The van der Waals surface area contributed by atoms with Crippen LogP contribution in [0.1, 0.15) is 5.56 Å². The summed E-state index contributed by atoms with van der Waals surface area (Å²) in [6, 6.07) is 5.99. The largest absolute Gasteiger partial charge is 0.339 e. The molecule has 1 N–H and O–H groups in total. The predicted molar refractivity (Wildman–Crippen MR) is 77.8 cm³/mol. The number of nitro benzene ring substituents is 1. The Morgan fingerprint density at radius 1 is 1.32 bits per heavy atom. The molecule has 0 saturated heterocycles. The van der Waals surface area contributed by atoms with E-state index in [0.29, 0.717) is 0 Å². The maximum absolute atomic E-state index is 12.4. The van der Waals surface area contributed by atoms with Gasteiger partial charge in [-0.25, -0.2) is 9.78 Å². The molecule has 3 rings (SSSR count). The standard InChI is InChI=1S/C13H11N5O4/c1-16-11-10(14-7-15-11)12(19)17(13(16)20)6-8-4-2-3-5-9(8)18(21)22/h2-5,7H,6H2,1H3,(H,14,15). The van der Waals surface area contributed by atoms with Crippen LogP contribution in [0.4, 0.5) is 5.69 Å². The van der Waals surface area contributed by atoms with E-state index in [1.54, 1.807) is 6.07 Å². The van der Waals surface area contributed by atoms with Gasteiger partial charge < -0.3 is 4.98 Å². The van der Waals surface area contributed by atoms with Gasteiger partial charge in [-0.3, -0.25) is 24.0 Å². The Labute approximate surface area is 122 Å². The van der Waals surface area contributed by atoms with Gasteiger partial charge in [0.1, 0.15) is 5.52 Å². The Kier molecular flexibility index (Phi) is 3.09. The number of rotatable bonds is 3. The molecular formula is C13H11N5O4. The SMILES string of the molecule is Cn1c(=O)n(Cc2ccccc2[N+](=O)[O-])c(=O)c2[nH]cnc21. The van der Waals surface area contributed by atoms with Crippen LogP contribution < -0.4 is 11.2 Å².